The summed E-state index contributed by atoms with van der Waals surface area (Å²) in [7, 11) is 0. The summed E-state index contributed by atoms with van der Waals surface area (Å²) in [5.41, 5.74) is -0.158. The first-order valence-electron chi connectivity index (χ1n) is 7.28. The number of nitrogens with one attached hydrogen (secondary N) is 2. The second-order valence-corrected chi connectivity index (χ2v) is 9.47. The molecule has 2 atom stereocenters. The van der Waals surface area contributed by atoms with Gasteiger partial charge in [0.2, 0.25) is 0 Å². The van der Waals surface area contributed by atoms with Crippen LogP contribution < -0.4 is 10.0 Å². The van der Waals surface area contributed by atoms with Crippen LogP contribution in [0.1, 0.15) is 59.8 Å². The number of rotatable bonds is 4. The number of carboxylic acid groups (broad SMARTS) is 1. The van der Waals surface area contributed by atoms with E-state index in [-0.39, 0.29) is 21.7 Å². The highest BCUT2D eigenvalue weighted by atomic mass is 32.2. The third kappa shape index (κ3) is 2.92. The second-order valence-electron chi connectivity index (χ2n) is 7.47. The Bertz CT molecular complexity index is 386. The standard InChI is InChI=1S/C14H26N2O3S/c1-10(16-20(19)12(2,3)4)13-5-7-14(9-13,8-6-13)15-11(17)18/h10,15-16H,5-9H2,1-4H3,(H,17,18)/t10-,13?,14?,20-/m0/s1. The Balaban J connectivity index is 2.02. The molecule has 0 heterocycles. The molecule has 2 bridgehead atoms. The van der Waals surface area contributed by atoms with Gasteiger partial charge in [0.05, 0.1) is 6.04 Å². The monoisotopic (exact) mass is 302 g/mol. The summed E-state index contributed by atoms with van der Waals surface area (Å²) in [4.78, 5) is 10.9. The molecule has 5 nitrogen and oxygen atoms in total. The number of fused-ring (bicyclic) bond motifs is 2. The Hall–Kier alpha value is -0.460. The molecule has 2 saturated carbocycles. The molecule has 116 valence electrons. The van der Waals surface area contributed by atoms with Crippen molar-refractivity contribution >= 4 is 17.5 Å². The van der Waals surface area contributed by atoms with Crippen LogP contribution in [0, 0.1) is 5.41 Å². The van der Waals surface area contributed by atoms with Gasteiger partial charge in [-0.3, -0.25) is 0 Å². The van der Waals surface area contributed by atoms with Gasteiger partial charge in [-0.25, -0.2) is 4.79 Å². The second kappa shape index (κ2) is 5.07. The van der Waals surface area contributed by atoms with Crippen LogP contribution in [0.5, 0.6) is 0 Å². The summed E-state index contributed by atoms with van der Waals surface area (Å²) in [6.07, 6.45) is 3.73. The zero-order valence-corrected chi connectivity index (χ0v) is 13.6. The predicted octanol–water partition coefficient (Wildman–Crippen LogP) is 2.40. The van der Waals surface area contributed by atoms with E-state index in [1.807, 2.05) is 20.8 Å². The third-order valence-corrected chi connectivity index (χ3v) is 6.70. The summed E-state index contributed by atoms with van der Waals surface area (Å²) >= 11 is -1.08. The fraction of sp³-hybridized carbons (Fsp3) is 0.929. The van der Waals surface area contributed by atoms with Gasteiger partial charge in [-0.15, -0.1) is 4.72 Å². The van der Waals surface area contributed by atoms with E-state index in [0.717, 1.165) is 32.1 Å². The minimum absolute atomic E-state index is 0.0867. The lowest BCUT2D eigenvalue weighted by atomic mass is 9.78. The van der Waals surface area contributed by atoms with E-state index >= 15 is 0 Å². The molecule has 0 aromatic heterocycles. The van der Waals surface area contributed by atoms with Gasteiger partial charge in [-0.2, -0.15) is 0 Å². The maximum absolute atomic E-state index is 12.3. The SMILES string of the molecule is C[C@H](N[S@@+]([O-])C(C)(C)C)C12CCC(NC(=O)O)(CC1)C2. The highest BCUT2D eigenvalue weighted by molar-refractivity contribution is 7.90. The van der Waals surface area contributed by atoms with E-state index in [4.69, 9.17) is 5.11 Å². The van der Waals surface area contributed by atoms with Crippen LogP contribution in [0.4, 0.5) is 4.79 Å². The number of carbonyl (C=O) groups is 1. The molecule has 0 aromatic rings. The number of amides is 1. The van der Waals surface area contributed by atoms with Gasteiger partial charge in [0.1, 0.15) is 4.75 Å². The minimum atomic E-state index is -1.08. The average Bonchev–Trinajstić information content (AvgIpc) is 2.83. The van der Waals surface area contributed by atoms with E-state index in [2.05, 4.69) is 17.0 Å². The maximum Gasteiger partial charge on any atom is 0.405 e. The van der Waals surface area contributed by atoms with Crippen molar-refractivity contribution in [2.24, 2.45) is 5.41 Å². The topological polar surface area (TPSA) is 84.4 Å². The molecule has 1 amide bonds. The Kier molecular flexibility index (Phi) is 4.04. The van der Waals surface area contributed by atoms with Gasteiger partial charge in [0, 0.05) is 16.9 Å². The highest BCUT2D eigenvalue weighted by Gasteiger charge is 2.58. The summed E-state index contributed by atoms with van der Waals surface area (Å²) in [6.45, 7) is 7.96. The molecule has 6 heteroatoms. The molecule has 20 heavy (non-hydrogen) atoms. The average molecular weight is 302 g/mol. The van der Waals surface area contributed by atoms with Gasteiger partial charge in [-0.05, 0) is 65.2 Å². The van der Waals surface area contributed by atoms with Crippen LogP contribution in [0.3, 0.4) is 0 Å². The molecule has 0 unspecified atom stereocenters. The Morgan fingerprint density at radius 2 is 1.85 bits per heavy atom. The molecular weight excluding hydrogens is 276 g/mol. The van der Waals surface area contributed by atoms with Crippen LogP contribution in [0.25, 0.3) is 0 Å². The van der Waals surface area contributed by atoms with Crippen LogP contribution in [0.2, 0.25) is 0 Å². The minimum Gasteiger partial charge on any atom is -0.598 e. The lowest BCUT2D eigenvalue weighted by molar-refractivity contribution is 0.177. The first-order chi connectivity index (χ1) is 9.09. The molecule has 2 aliphatic carbocycles. The van der Waals surface area contributed by atoms with Gasteiger partial charge in [0.15, 0.2) is 0 Å². The van der Waals surface area contributed by atoms with Gasteiger partial charge in [-0.1, -0.05) is 0 Å². The van der Waals surface area contributed by atoms with Crippen LogP contribution in [0.15, 0.2) is 0 Å². The molecule has 0 aromatic carbocycles. The largest absolute Gasteiger partial charge is 0.598 e. The van der Waals surface area contributed by atoms with E-state index < -0.39 is 17.5 Å². The van der Waals surface area contributed by atoms with Crippen molar-refractivity contribution in [3.05, 3.63) is 0 Å². The van der Waals surface area contributed by atoms with E-state index in [9.17, 15) is 9.35 Å². The lowest BCUT2D eigenvalue weighted by Crippen LogP contribution is -2.49. The summed E-state index contributed by atoms with van der Waals surface area (Å²) in [6, 6.07) is 0.141. The molecule has 2 fully saturated rings. The molecule has 2 aliphatic rings. The fourth-order valence-corrected chi connectivity index (χ4v) is 4.62. The lowest BCUT2D eigenvalue weighted by Gasteiger charge is -2.36. The van der Waals surface area contributed by atoms with Crippen LogP contribution in [-0.4, -0.2) is 32.1 Å². The molecule has 0 spiro atoms. The van der Waals surface area contributed by atoms with Gasteiger partial charge in [0.25, 0.3) is 0 Å². The molecule has 0 aliphatic heterocycles. The van der Waals surface area contributed by atoms with Crippen LogP contribution in [-0.2, 0) is 11.4 Å². The number of hydrogen-bond acceptors (Lipinski definition) is 3. The van der Waals surface area contributed by atoms with Crippen molar-refractivity contribution in [3.63, 3.8) is 0 Å². The van der Waals surface area contributed by atoms with Crippen molar-refractivity contribution in [1.82, 2.24) is 10.0 Å². The van der Waals surface area contributed by atoms with Gasteiger partial charge < -0.3 is 15.0 Å². The van der Waals surface area contributed by atoms with Crippen molar-refractivity contribution < 1.29 is 14.5 Å². The molecule has 2 rings (SSSR count). The predicted molar refractivity (Wildman–Crippen MR) is 79.9 cm³/mol. The van der Waals surface area contributed by atoms with Crippen LogP contribution >= 0.6 is 0 Å². The first-order valence-corrected chi connectivity index (χ1v) is 8.43. The summed E-state index contributed by atoms with van der Waals surface area (Å²) < 4.78 is 15.2. The fourth-order valence-electron chi connectivity index (χ4n) is 3.70. The maximum atomic E-state index is 12.3. The Morgan fingerprint density at radius 1 is 1.30 bits per heavy atom. The molecular formula is C14H26N2O3S. The third-order valence-electron chi connectivity index (χ3n) is 5.02. The first kappa shape index (κ1) is 15.9. The zero-order chi connectivity index (χ0) is 15.2. The molecule has 0 saturated heterocycles. The van der Waals surface area contributed by atoms with E-state index in [0.29, 0.717) is 0 Å². The Morgan fingerprint density at radius 3 is 2.30 bits per heavy atom. The Labute approximate surface area is 124 Å². The van der Waals surface area contributed by atoms with Crippen molar-refractivity contribution in [3.8, 4) is 0 Å². The smallest absolute Gasteiger partial charge is 0.405 e. The summed E-state index contributed by atoms with van der Waals surface area (Å²) in [5.74, 6) is 0. The van der Waals surface area contributed by atoms with Crippen molar-refractivity contribution in [2.75, 3.05) is 0 Å². The van der Waals surface area contributed by atoms with E-state index in [1.165, 1.54) is 0 Å². The highest BCUT2D eigenvalue weighted by Crippen LogP contribution is 2.58. The van der Waals surface area contributed by atoms with Crippen molar-refractivity contribution in [2.45, 2.75) is 76.1 Å². The van der Waals surface area contributed by atoms with E-state index in [1.54, 1.807) is 0 Å². The normalized spacial score (nSPS) is 35.9. The zero-order valence-electron chi connectivity index (χ0n) is 12.8. The van der Waals surface area contributed by atoms with Crippen molar-refractivity contribution in [1.29, 1.82) is 0 Å². The summed E-state index contributed by atoms with van der Waals surface area (Å²) in [5, 5.41) is 11.7. The van der Waals surface area contributed by atoms with Gasteiger partial charge >= 0.3 is 6.09 Å². The quantitative estimate of drug-likeness (QED) is 0.696. The molecule has 3 N–H and O–H groups in total. The molecule has 0 radical (unpaired) electrons. The number of hydrogen-bond donors (Lipinski definition) is 3.